The van der Waals surface area contributed by atoms with E-state index in [1.54, 1.807) is 4.57 Å². The number of anilines is 1. The summed E-state index contributed by atoms with van der Waals surface area (Å²) in [6, 6.07) is 4.39. The minimum absolute atomic E-state index is 0.0817. The van der Waals surface area contributed by atoms with E-state index in [-0.39, 0.29) is 5.69 Å². The Balaban J connectivity index is 1.75. The van der Waals surface area contributed by atoms with Gasteiger partial charge in [-0.2, -0.15) is 0 Å². The van der Waals surface area contributed by atoms with E-state index in [1.807, 2.05) is 42.2 Å². The molecule has 100 valence electrons. The van der Waals surface area contributed by atoms with Crippen molar-refractivity contribution < 1.29 is 0 Å². The van der Waals surface area contributed by atoms with Crippen molar-refractivity contribution in [2.24, 2.45) is 0 Å². The van der Waals surface area contributed by atoms with Crippen LogP contribution in [0.25, 0.3) is 0 Å². The summed E-state index contributed by atoms with van der Waals surface area (Å²) >= 11 is 0. The average molecular weight is 258 g/mol. The van der Waals surface area contributed by atoms with Crippen LogP contribution in [0.2, 0.25) is 0 Å². The highest BCUT2D eigenvalue weighted by atomic mass is 16.1. The molecule has 1 N–H and O–H groups in total. The molecule has 1 aliphatic rings. The van der Waals surface area contributed by atoms with Gasteiger partial charge in [-0.25, -0.2) is 9.78 Å². The Labute approximate surface area is 111 Å². The first kappa shape index (κ1) is 12.0. The molecule has 0 saturated heterocycles. The number of hydrogen-bond donors (Lipinski definition) is 1. The van der Waals surface area contributed by atoms with Crippen molar-refractivity contribution in [1.29, 1.82) is 0 Å². The SMILES string of the molecule is CCNc1ccc(Cn2ccn(C3CC3)c2=O)cn1. The van der Waals surface area contributed by atoms with E-state index in [4.69, 9.17) is 0 Å². The molecule has 0 aromatic carbocycles. The van der Waals surface area contributed by atoms with Crippen molar-refractivity contribution in [2.75, 3.05) is 11.9 Å². The van der Waals surface area contributed by atoms with E-state index in [9.17, 15) is 4.79 Å². The molecule has 2 aromatic rings. The first-order valence-electron chi connectivity index (χ1n) is 6.74. The maximum Gasteiger partial charge on any atom is 0.328 e. The highest BCUT2D eigenvalue weighted by Crippen LogP contribution is 2.33. The second-order valence-electron chi connectivity index (χ2n) is 4.93. The Morgan fingerprint density at radius 2 is 2.21 bits per heavy atom. The molecule has 0 bridgehead atoms. The van der Waals surface area contributed by atoms with Gasteiger partial charge in [-0.15, -0.1) is 0 Å². The fourth-order valence-electron chi connectivity index (χ4n) is 2.18. The second kappa shape index (κ2) is 4.91. The molecule has 0 spiro atoms. The molecule has 0 unspecified atom stereocenters. The lowest BCUT2D eigenvalue weighted by Gasteiger charge is -2.05. The maximum atomic E-state index is 12.1. The summed E-state index contributed by atoms with van der Waals surface area (Å²) in [6.45, 7) is 3.48. The van der Waals surface area contributed by atoms with Crippen LogP contribution in [0, 0.1) is 0 Å². The lowest BCUT2D eigenvalue weighted by atomic mass is 10.3. The van der Waals surface area contributed by atoms with Gasteiger partial charge in [0, 0.05) is 31.2 Å². The topological polar surface area (TPSA) is 51.9 Å². The van der Waals surface area contributed by atoms with Crippen molar-refractivity contribution in [1.82, 2.24) is 14.1 Å². The van der Waals surface area contributed by atoms with Crippen molar-refractivity contribution in [3.63, 3.8) is 0 Å². The number of nitrogens with one attached hydrogen (secondary N) is 1. The van der Waals surface area contributed by atoms with Gasteiger partial charge in [0.25, 0.3) is 0 Å². The molecule has 5 heteroatoms. The summed E-state index contributed by atoms with van der Waals surface area (Å²) in [5, 5.41) is 3.15. The smallest absolute Gasteiger partial charge is 0.328 e. The molecule has 0 radical (unpaired) electrons. The Kier molecular flexibility index (Phi) is 3.11. The van der Waals surface area contributed by atoms with Crippen molar-refractivity contribution in [3.8, 4) is 0 Å². The predicted molar refractivity (Wildman–Crippen MR) is 74.5 cm³/mol. The summed E-state index contributed by atoms with van der Waals surface area (Å²) < 4.78 is 3.57. The number of pyridine rings is 1. The van der Waals surface area contributed by atoms with Gasteiger partial charge in [-0.3, -0.25) is 9.13 Å². The van der Waals surface area contributed by atoms with Crippen LogP contribution in [-0.2, 0) is 6.54 Å². The molecule has 2 aromatic heterocycles. The van der Waals surface area contributed by atoms with Crippen LogP contribution < -0.4 is 11.0 Å². The van der Waals surface area contributed by atoms with Crippen LogP contribution in [0.3, 0.4) is 0 Å². The third kappa shape index (κ3) is 2.54. The Morgan fingerprint density at radius 3 is 2.84 bits per heavy atom. The molecule has 1 fully saturated rings. The zero-order chi connectivity index (χ0) is 13.2. The van der Waals surface area contributed by atoms with E-state index in [0.717, 1.165) is 30.8 Å². The third-order valence-corrected chi connectivity index (χ3v) is 3.35. The third-order valence-electron chi connectivity index (χ3n) is 3.35. The van der Waals surface area contributed by atoms with Gasteiger partial charge >= 0.3 is 5.69 Å². The monoisotopic (exact) mass is 258 g/mol. The molecule has 2 heterocycles. The highest BCUT2D eigenvalue weighted by molar-refractivity contribution is 5.35. The Hall–Kier alpha value is -2.04. The average Bonchev–Trinajstić information content (AvgIpc) is 3.19. The van der Waals surface area contributed by atoms with E-state index < -0.39 is 0 Å². The van der Waals surface area contributed by atoms with Crippen LogP contribution in [0.5, 0.6) is 0 Å². The van der Waals surface area contributed by atoms with Gasteiger partial charge in [0.1, 0.15) is 5.82 Å². The molecular weight excluding hydrogens is 240 g/mol. The highest BCUT2D eigenvalue weighted by Gasteiger charge is 2.25. The number of imidazole rings is 1. The molecule has 5 nitrogen and oxygen atoms in total. The minimum Gasteiger partial charge on any atom is -0.370 e. The van der Waals surface area contributed by atoms with Crippen molar-refractivity contribution in [3.05, 3.63) is 46.8 Å². The van der Waals surface area contributed by atoms with Crippen molar-refractivity contribution >= 4 is 5.82 Å². The van der Waals surface area contributed by atoms with Gasteiger partial charge < -0.3 is 5.32 Å². The minimum atomic E-state index is 0.0817. The van der Waals surface area contributed by atoms with E-state index in [1.165, 1.54) is 0 Å². The Morgan fingerprint density at radius 1 is 1.37 bits per heavy atom. The summed E-state index contributed by atoms with van der Waals surface area (Å²) in [5.74, 6) is 0.870. The lowest BCUT2D eigenvalue weighted by Crippen LogP contribution is -2.23. The Bertz CT molecular complexity index is 607. The van der Waals surface area contributed by atoms with Crippen LogP contribution >= 0.6 is 0 Å². The van der Waals surface area contributed by atoms with E-state index in [0.29, 0.717) is 12.6 Å². The van der Waals surface area contributed by atoms with Crippen LogP contribution in [-0.4, -0.2) is 20.7 Å². The van der Waals surface area contributed by atoms with Gasteiger partial charge in [-0.1, -0.05) is 6.07 Å². The van der Waals surface area contributed by atoms with E-state index in [2.05, 4.69) is 10.3 Å². The number of rotatable bonds is 5. The van der Waals surface area contributed by atoms with Gasteiger partial charge in [0.2, 0.25) is 0 Å². The zero-order valence-electron chi connectivity index (χ0n) is 11.0. The molecule has 0 aliphatic heterocycles. The molecule has 19 heavy (non-hydrogen) atoms. The van der Waals surface area contributed by atoms with Gasteiger partial charge in [0.15, 0.2) is 0 Å². The quantitative estimate of drug-likeness (QED) is 0.890. The van der Waals surface area contributed by atoms with E-state index >= 15 is 0 Å². The van der Waals surface area contributed by atoms with Crippen LogP contribution in [0.1, 0.15) is 31.4 Å². The number of hydrogen-bond acceptors (Lipinski definition) is 3. The maximum absolute atomic E-state index is 12.1. The molecule has 0 atom stereocenters. The lowest BCUT2D eigenvalue weighted by molar-refractivity contribution is 0.655. The molecule has 1 aliphatic carbocycles. The number of aromatic nitrogens is 3. The fraction of sp³-hybridized carbons (Fsp3) is 0.429. The van der Waals surface area contributed by atoms with Gasteiger partial charge in [-0.05, 0) is 31.4 Å². The van der Waals surface area contributed by atoms with Crippen LogP contribution in [0.15, 0.2) is 35.5 Å². The summed E-state index contributed by atoms with van der Waals surface area (Å²) in [5.41, 5.74) is 1.12. The standard InChI is InChI=1S/C14H18N4O/c1-2-15-13-6-3-11(9-16-13)10-17-7-8-18(14(17)19)12-4-5-12/h3,6-9,12H,2,4-5,10H2,1H3,(H,15,16). The second-order valence-corrected chi connectivity index (χ2v) is 4.93. The summed E-state index contributed by atoms with van der Waals surface area (Å²) in [7, 11) is 0. The largest absolute Gasteiger partial charge is 0.370 e. The fourth-order valence-corrected chi connectivity index (χ4v) is 2.18. The first-order chi connectivity index (χ1) is 9.28. The molecule has 0 amide bonds. The summed E-state index contributed by atoms with van der Waals surface area (Å²) in [4.78, 5) is 16.4. The predicted octanol–water partition coefficient (Wildman–Crippen LogP) is 1.86. The van der Waals surface area contributed by atoms with Crippen LogP contribution in [0.4, 0.5) is 5.82 Å². The first-order valence-corrected chi connectivity index (χ1v) is 6.74. The van der Waals surface area contributed by atoms with Crippen molar-refractivity contribution in [2.45, 2.75) is 32.4 Å². The molecule has 1 saturated carbocycles. The normalized spacial score (nSPS) is 14.6. The number of nitrogens with zero attached hydrogens (tertiary/aromatic N) is 3. The summed E-state index contributed by atoms with van der Waals surface area (Å²) in [6.07, 6.45) is 7.82. The molecule has 3 rings (SSSR count). The van der Waals surface area contributed by atoms with Gasteiger partial charge in [0.05, 0.1) is 6.54 Å². The zero-order valence-corrected chi connectivity index (χ0v) is 11.0. The molecular formula is C14H18N4O.